The Hall–Kier alpha value is -1.30. The summed E-state index contributed by atoms with van der Waals surface area (Å²) in [5.41, 5.74) is 0. The van der Waals surface area contributed by atoms with Crippen molar-refractivity contribution in [1.29, 1.82) is 0 Å². The maximum atomic E-state index is 11.6. The summed E-state index contributed by atoms with van der Waals surface area (Å²) in [6, 6.07) is -1.30. The van der Waals surface area contributed by atoms with Crippen LogP contribution >= 0.6 is 0 Å². The van der Waals surface area contributed by atoms with Crippen LogP contribution in [0.5, 0.6) is 0 Å². The van der Waals surface area contributed by atoms with Crippen LogP contribution in [0.4, 0.5) is 4.79 Å². The summed E-state index contributed by atoms with van der Waals surface area (Å²) in [6.45, 7) is 4.14. The van der Waals surface area contributed by atoms with Gasteiger partial charge in [0.15, 0.2) is 0 Å². The average Bonchev–Trinajstić information content (AvgIpc) is 2.24. The van der Waals surface area contributed by atoms with E-state index >= 15 is 0 Å². The number of rotatable bonds is 7. The molecule has 2 amide bonds. The Morgan fingerprint density at radius 1 is 1.38 bits per heavy atom. The normalized spacial score (nSPS) is 11.9. The lowest BCUT2D eigenvalue weighted by atomic mass is 10.2. The quantitative estimate of drug-likeness (QED) is 0.587. The third kappa shape index (κ3) is 4.97. The molecule has 0 spiro atoms. The van der Waals surface area contributed by atoms with Crippen LogP contribution in [0.25, 0.3) is 0 Å². The minimum Gasteiger partial charge on any atom is -0.480 e. The van der Waals surface area contributed by atoms with E-state index in [0.717, 1.165) is 0 Å². The van der Waals surface area contributed by atoms with Gasteiger partial charge in [-0.1, -0.05) is 13.3 Å². The molecule has 0 rings (SSSR count). The van der Waals surface area contributed by atoms with E-state index in [4.69, 9.17) is 10.2 Å². The molecule has 0 aromatic rings. The molecule has 0 aliphatic carbocycles. The highest BCUT2D eigenvalue weighted by Gasteiger charge is 2.21. The third-order valence-electron chi connectivity index (χ3n) is 2.21. The Morgan fingerprint density at radius 2 is 2.00 bits per heavy atom. The molecule has 0 fully saturated rings. The highest BCUT2D eigenvalue weighted by molar-refractivity contribution is 5.82. The number of carboxylic acid groups (broad SMARTS) is 1. The number of amides is 2. The standard InChI is InChI=1S/C10H20N2O4/c1-3-5-8(9(14)15)11-10(16)12(4-2)6-7-13/h8,13H,3-7H2,1-2H3,(H,11,16)(H,14,15)/t8-/m0/s1. The second-order valence-electron chi connectivity index (χ2n) is 3.43. The first-order chi connectivity index (χ1) is 7.56. The van der Waals surface area contributed by atoms with Gasteiger partial charge in [-0.3, -0.25) is 0 Å². The van der Waals surface area contributed by atoms with Crippen LogP contribution in [-0.4, -0.2) is 52.9 Å². The van der Waals surface area contributed by atoms with Crippen LogP contribution in [0.2, 0.25) is 0 Å². The number of likely N-dealkylation sites (N-methyl/N-ethyl adjacent to an activating group) is 1. The second kappa shape index (κ2) is 7.92. The largest absolute Gasteiger partial charge is 0.480 e. The number of hydrogen-bond acceptors (Lipinski definition) is 3. The zero-order chi connectivity index (χ0) is 12.6. The SMILES string of the molecule is CCC[C@H](NC(=O)N(CC)CCO)C(=O)O. The molecule has 0 bridgehead atoms. The highest BCUT2D eigenvalue weighted by Crippen LogP contribution is 1.99. The van der Waals surface area contributed by atoms with E-state index in [2.05, 4.69) is 5.32 Å². The molecule has 0 heterocycles. The number of carboxylic acids is 1. The van der Waals surface area contributed by atoms with Gasteiger partial charge in [-0.2, -0.15) is 0 Å². The van der Waals surface area contributed by atoms with E-state index in [-0.39, 0.29) is 13.2 Å². The van der Waals surface area contributed by atoms with Crippen molar-refractivity contribution in [1.82, 2.24) is 10.2 Å². The van der Waals surface area contributed by atoms with E-state index in [0.29, 0.717) is 19.4 Å². The monoisotopic (exact) mass is 232 g/mol. The Bertz CT molecular complexity index is 233. The van der Waals surface area contributed by atoms with Crippen molar-refractivity contribution in [3.8, 4) is 0 Å². The van der Waals surface area contributed by atoms with Gasteiger partial charge in [0.2, 0.25) is 0 Å². The van der Waals surface area contributed by atoms with Gasteiger partial charge in [-0.05, 0) is 13.3 Å². The predicted molar refractivity (Wildman–Crippen MR) is 59.2 cm³/mol. The minimum atomic E-state index is -1.03. The molecule has 0 unspecified atom stereocenters. The number of nitrogens with one attached hydrogen (secondary N) is 1. The average molecular weight is 232 g/mol. The lowest BCUT2D eigenvalue weighted by Crippen LogP contribution is -2.48. The third-order valence-corrected chi connectivity index (χ3v) is 2.21. The number of aliphatic hydroxyl groups excluding tert-OH is 1. The van der Waals surface area contributed by atoms with Crippen LogP contribution in [0.15, 0.2) is 0 Å². The van der Waals surface area contributed by atoms with Crippen LogP contribution in [0, 0.1) is 0 Å². The van der Waals surface area contributed by atoms with Crippen LogP contribution in [0.1, 0.15) is 26.7 Å². The predicted octanol–water partition coefficient (Wildman–Crippen LogP) is 0.263. The van der Waals surface area contributed by atoms with Crippen molar-refractivity contribution in [2.45, 2.75) is 32.7 Å². The van der Waals surface area contributed by atoms with Crippen molar-refractivity contribution < 1.29 is 19.8 Å². The Balaban J connectivity index is 4.31. The van der Waals surface area contributed by atoms with Gasteiger partial charge in [0.1, 0.15) is 6.04 Å². The highest BCUT2D eigenvalue weighted by atomic mass is 16.4. The number of aliphatic carboxylic acids is 1. The first-order valence-electron chi connectivity index (χ1n) is 5.45. The lowest BCUT2D eigenvalue weighted by molar-refractivity contribution is -0.139. The van der Waals surface area contributed by atoms with Gasteiger partial charge in [-0.15, -0.1) is 0 Å². The molecule has 6 heteroatoms. The summed E-state index contributed by atoms with van der Waals surface area (Å²) < 4.78 is 0. The Labute approximate surface area is 95.2 Å². The molecule has 0 radical (unpaired) electrons. The summed E-state index contributed by atoms with van der Waals surface area (Å²) in [4.78, 5) is 23.8. The molecule has 0 aromatic carbocycles. The molecule has 16 heavy (non-hydrogen) atoms. The number of carbonyl (C=O) groups excluding carboxylic acids is 1. The van der Waals surface area contributed by atoms with Crippen molar-refractivity contribution >= 4 is 12.0 Å². The van der Waals surface area contributed by atoms with Crippen LogP contribution < -0.4 is 5.32 Å². The van der Waals surface area contributed by atoms with E-state index in [1.807, 2.05) is 6.92 Å². The van der Waals surface area contributed by atoms with Gasteiger partial charge in [0.05, 0.1) is 6.61 Å². The number of urea groups is 1. The van der Waals surface area contributed by atoms with Gasteiger partial charge >= 0.3 is 12.0 Å². The molecule has 3 N–H and O–H groups in total. The fraction of sp³-hybridized carbons (Fsp3) is 0.800. The smallest absolute Gasteiger partial charge is 0.326 e. The topological polar surface area (TPSA) is 89.9 Å². The molecule has 1 atom stereocenters. The molecular formula is C10H20N2O4. The zero-order valence-electron chi connectivity index (χ0n) is 9.77. The molecule has 0 saturated carbocycles. The Morgan fingerprint density at radius 3 is 2.38 bits per heavy atom. The fourth-order valence-electron chi connectivity index (χ4n) is 1.31. The second-order valence-corrected chi connectivity index (χ2v) is 3.43. The van der Waals surface area contributed by atoms with E-state index < -0.39 is 18.0 Å². The van der Waals surface area contributed by atoms with Gasteiger partial charge < -0.3 is 20.4 Å². The molecule has 94 valence electrons. The summed E-state index contributed by atoms with van der Waals surface area (Å²) >= 11 is 0. The Kier molecular flexibility index (Phi) is 7.28. The van der Waals surface area contributed by atoms with Crippen molar-refractivity contribution in [2.75, 3.05) is 19.7 Å². The first-order valence-corrected chi connectivity index (χ1v) is 5.45. The minimum absolute atomic E-state index is 0.132. The van der Waals surface area contributed by atoms with Crippen LogP contribution in [-0.2, 0) is 4.79 Å². The van der Waals surface area contributed by atoms with E-state index in [9.17, 15) is 9.59 Å². The summed E-state index contributed by atoms with van der Waals surface area (Å²) in [7, 11) is 0. The summed E-state index contributed by atoms with van der Waals surface area (Å²) in [5, 5.41) is 20.0. The molecule has 0 aromatic heterocycles. The molecule has 0 aliphatic heterocycles. The van der Waals surface area contributed by atoms with Gasteiger partial charge in [0.25, 0.3) is 0 Å². The molecular weight excluding hydrogens is 212 g/mol. The lowest BCUT2D eigenvalue weighted by Gasteiger charge is -2.22. The van der Waals surface area contributed by atoms with Crippen molar-refractivity contribution in [3.63, 3.8) is 0 Å². The maximum absolute atomic E-state index is 11.6. The summed E-state index contributed by atoms with van der Waals surface area (Å²) in [6.07, 6.45) is 1.08. The first kappa shape index (κ1) is 14.7. The maximum Gasteiger partial charge on any atom is 0.326 e. The van der Waals surface area contributed by atoms with E-state index in [1.165, 1.54) is 4.90 Å². The van der Waals surface area contributed by atoms with Gasteiger partial charge in [-0.25, -0.2) is 9.59 Å². The number of nitrogens with zero attached hydrogens (tertiary/aromatic N) is 1. The molecule has 0 aliphatic rings. The molecule has 0 saturated heterocycles. The van der Waals surface area contributed by atoms with E-state index in [1.54, 1.807) is 6.92 Å². The zero-order valence-corrected chi connectivity index (χ0v) is 9.77. The number of aliphatic hydroxyl groups is 1. The fourth-order valence-corrected chi connectivity index (χ4v) is 1.31. The van der Waals surface area contributed by atoms with Crippen LogP contribution in [0.3, 0.4) is 0 Å². The molecule has 6 nitrogen and oxygen atoms in total. The van der Waals surface area contributed by atoms with Crippen molar-refractivity contribution in [2.24, 2.45) is 0 Å². The van der Waals surface area contributed by atoms with Crippen molar-refractivity contribution in [3.05, 3.63) is 0 Å². The number of hydrogen-bond donors (Lipinski definition) is 3. The van der Waals surface area contributed by atoms with Gasteiger partial charge in [0, 0.05) is 13.1 Å². The summed E-state index contributed by atoms with van der Waals surface area (Å²) in [5.74, 6) is -1.03. The number of carbonyl (C=O) groups is 2.